The molecule has 1 aliphatic carbocycles. The molecular weight excluding hydrogens is 323 g/mol. The highest BCUT2D eigenvalue weighted by Crippen LogP contribution is 2.38. The van der Waals surface area contributed by atoms with Crippen LogP contribution in [-0.2, 0) is 12.8 Å². The minimum absolute atomic E-state index is 0.485. The first kappa shape index (κ1) is 14.6. The molecule has 21 heavy (non-hydrogen) atoms. The Bertz CT molecular complexity index is 818. The minimum Gasteiger partial charge on any atom is -0.349 e. The maximum absolute atomic E-state index is 9.50. The van der Waals surface area contributed by atoms with Gasteiger partial charge in [-0.1, -0.05) is 41.5 Å². The van der Waals surface area contributed by atoms with Crippen molar-refractivity contribution in [2.24, 2.45) is 0 Å². The standard InChI is InChI=1S/C16H12Cl2N2S/c17-9-5-6-10(13(18)7-9)15-11-3-1-2-4-14(11)20-16(21)12(15)8-19/h5-7H,1-4H2,(H,20,21). The Kier molecular flexibility index (Phi) is 4.03. The maximum atomic E-state index is 9.50. The SMILES string of the molecule is N#Cc1c(-c2ccc(Cl)cc2Cl)c2c([nH]c1=S)CCCC2. The fourth-order valence-electron chi connectivity index (χ4n) is 2.88. The summed E-state index contributed by atoms with van der Waals surface area (Å²) in [6.07, 6.45) is 4.14. The fourth-order valence-corrected chi connectivity index (χ4v) is 3.65. The van der Waals surface area contributed by atoms with Crippen molar-refractivity contribution in [3.05, 3.63) is 49.7 Å². The predicted molar refractivity (Wildman–Crippen MR) is 88.4 cm³/mol. The quantitative estimate of drug-likeness (QED) is 0.702. The topological polar surface area (TPSA) is 39.6 Å². The summed E-state index contributed by atoms with van der Waals surface area (Å²) in [6, 6.07) is 7.59. The number of nitriles is 1. The van der Waals surface area contributed by atoms with E-state index in [9.17, 15) is 5.26 Å². The molecule has 0 saturated carbocycles. The maximum Gasteiger partial charge on any atom is 0.122 e. The van der Waals surface area contributed by atoms with Crippen molar-refractivity contribution in [2.45, 2.75) is 25.7 Å². The first-order chi connectivity index (χ1) is 10.1. The lowest BCUT2D eigenvalue weighted by Gasteiger charge is -2.21. The van der Waals surface area contributed by atoms with E-state index in [1.807, 2.05) is 6.07 Å². The Morgan fingerprint density at radius 1 is 1.19 bits per heavy atom. The molecule has 2 nitrogen and oxygen atoms in total. The lowest BCUT2D eigenvalue weighted by atomic mass is 9.87. The van der Waals surface area contributed by atoms with E-state index >= 15 is 0 Å². The molecule has 5 heteroatoms. The first-order valence-corrected chi connectivity index (χ1v) is 7.92. The van der Waals surface area contributed by atoms with Crippen LogP contribution in [0.1, 0.15) is 29.7 Å². The summed E-state index contributed by atoms with van der Waals surface area (Å²) in [5.74, 6) is 0. The minimum atomic E-state index is 0.485. The highest BCUT2D eigenvalue weighted by Gasteiger charge is 2.21. The molecule has 2 aromatic rings. The Morgan fingerprint density at radius 3 is 2.67 bits per heavy atom. The molecule has 1 heterocycles. The zero-order valence-corrected chi connectivity index (χ0v) is 13.5. The average molecular weight is 335 g/mol. The van der Waals surface area contributed by atoms with Gasteiger partial charge in [-0.3, -0.25) is 0 Å². The normalized spacial score (nSPS) is 13.6. The second-order valence-corrected chi connectivity index (χ2v) is 6.36. The van der Waals surface area contributed by atoms with Gasteiger partial charge in [0.05, 0.1) is 5.56 Å². The Balaban J connectivity index is 2.37. The average Bonchev–Trinajstić information content (AvgIpc) is 2.46. The third kappa shape index (κ3) is 2.60. The fraction of sp³-hybridized carbons (Fsp3) is 0.250. The number of halogens is 2. The number of aromatic nitrogens is 1. The van der Waals surface area contributed by atoms with E-state index in [4.69, 9.17) is 35.4 Å². The number of hydrogen-bond acceptors (Lipinski definition) is 2. The predicted octanol–water partition coefficient (Wildman–Crippen LogP) is 5.47. The van der Waals surface area contributed by atoms with Crippen LogP contribution in [0.4, 0.5) is 0 Å². The van der Waals surface area contributed by atoms with Gasteiger partial charge in [-0.2, -0.15) is 5.26 Å². The van der Waals surface area contributed by atoms with Gasteiger partial charge >= 0.3 is 0 Å². The largest absolute Gasteiger partial charge is 0.349 e. The van der Waals surface area contributed by atoms with Crippen LogP contribution >= 0.6 is 35.4 Å². The van der Waals surface area contributed by atoms with Crippen LogP contribution in [0.3, 0.4) is 0 Å². The monoisotopic (exact) mass is 334 g/mol. The van der Waals surface area contributed by atoms with Gasteiger partial charge in [0.1, 0.15) is 10.7 Å². The molecule has 1 aromatic carbocycles. The van der Waals surface area contributed by atoms with Gasteiger partial charge in [0.15, 0.2) is 0 Å². The van der Waals surface area contributed by atoms with Crippen molar-refractivity contribution in [1.29, 1.82) is 5.26 Å². The molecule has 1 N–H and O–H groups in total. The van der Waals surface area contributed by atoms with E-state index in [2.05, 4.69) is 11.1 Å². The van der Waals surface area contributed by atoms with E-state index in [1.54, 1.807) is 12.1 Å². The molecular formula is C16H12Cl2N2S. The van der Waals surface area contributed by atoms with Gasteiger partial charge in [0.25, 0.3) is 0 Å². The van der Waals surface area contributed by atoms with E-state index in [0.29, 0.717) is 20.2 Å². The molecule has 1 aliphatic rings. The molecule has 0 fully saturated rings. The number of aromatic amines is 1. The molecule has 0 saturated heterocycles. The molecule has 3 rings (SSSR count). The summed E-state index contributed by atoms with van der Waals surface area (Å²) < 4.78 is 0.485. The highest BCUT2D eigenvalue weighted by atomic mass is 35.5. The van der Waals surface area contributed by atoms with Crippen LogP contribution in [0, 0.1) is 16.0 Å². The zero-order valence-electron chi connectivity index (χ0n) is 11.2. The summed E-state index contributed by atoms with van der Waals surface area (Å²) in [5, 5.41) is 10.6. The van der Waals surface area contributed by atoms with Crippen molar-refractivity contribution < 1.29 is 0 Å². The number of pyridine rings is 1. The molecule has 0 spiro atoms. The number of benzene rings is 1. The summed E-state index contributed by atoms with van der Waals surface area (Å²) in [4.78, 5) is 3.21. The van der Waals surface area contributed by atoms with Crippen LogP contribution in [0.15, 0.2) is 18.2 Å². The van der Waals surface area contributed by atoms with Gasteiger partial charge < -0.3 is 4.98 Å². The van der Waals surface area contributed by atoms with Gasteiger partial charge in [-0.15, -0.1) is 0 Å². The second kappa shape index (κ2) is 5.81. The molecule has 106 valence electrons. The van der Waals surface area contributed by atoms with Gasteiger partial charge in [-0.25, -0.2) is 0 Å². The molecule has 0 amide bonds. The second-order valence-electron chi connectivity index (χ2n) is 5.10. The number of nitrogens with one attached hydrogen (secondary N) is 1. The van der Waals surface area contributed by atoms with Gasteiger partial charge in [0.2, 0.25) is 0 Å². The zero-order chi connectivity index (χ0) is 15.0. The summed E-state index contributed by atoms with van der Waals surface area (Å²) >= 11 is 17.7. The van der Waals surface area contributed by atoms with E-state index in [1.165, 1.54) is 0 Å². The van der Waals surface area contributed by atoms with Crippen molar-refractivity contribution in [1.82, 2.24) is 4.98 Å². The molecule has 0 bridgehead atoms. The Labute approximate surface area is 138 Å². The lowest BCUT2D eigenvalue weighted by Crippen LogP contribution is -2.09. The van der Waals surface area contributed by atoms with Crippen molar-refractivity contribution in [3.8, 4) is 17.2 Å². The Morgan fingerprint density at radius 2 is 1.95 bits per heavy atom. The number of aryl methyl sites for hydroxylation is 1. The van der Waals surface area contributed by atoms with Gasteiger partial charge in [0, 0.05) is 26.9 Å². The van der Waals surface area contributed by atoms with Crippen LogP contribution in [0.5, 0.6) is 0 Å². The molecule has 0 aliphatic heterocycles. The molecule has 0 radical (unpaired) electrons. The third-order valence-electron chi connectivity index (χ3n) is 3.82. The van der Waals surface area contributed by atoms with Gasteiger partial charge in [-0.05, 0) is 43.4 Å². The van der Waals surface area contributed by atoms with Crippen LogP contribution < -0.4 is 0 Å². The van der Waals surface area contributed by atoms with E-state index < -0.39 is 0 Å². The van der Waals surface area contributed by atoms with Crippen LogP contribution in [0.25, 0.3) is 11.1 Å². The van der Waals surface area contributed by atoms with Crippen LogP contribution in [0.2, 0.25) is 10.0 Å². The summed E-state index contributed by atoms with van der Waals surface area (Å²) in [6.45, 7) is 0. The smallest absolute Gasteiger partial charge is 0.122 e. The van der Waals surface area contributed by atoms with Crippen molar-refractivity contribution in [3.63, 3.8) is 0 Å². The highest BCUT2D eigenvalue weighted by molar-refractivity contribution is 7.71. The number of rotatable bonds is 1. The number of hydrogen-bond donors (Lipinski definition) is 1. The third-order valence-corrected chi connectivity index (χ3v) is 4.68. The van der Waals surface area contributed by atoms with Crippen molar-refractivity contribution in [2.75, 3.05) is 0 Å². The molecule has 1 aromatic heterocycles. The number of nitrogens with zero attached hydrogens (tertiary/aromatic N) is 1. The number of H-pyrrole nitrogens is 1. The molecule has 0 atom stereocenters. The first-order valence-electron chi connectivity index (χ1n) is 6.75. The van der Waals surface area contributed by atoms with E-state index in [-0.39, 0.29) is 0 Å². The summed E-state index contributed by atoms with van der Waals surface area (Å²) in [5.41, 5.74) is 4.49. The van der Waals surface area contributed by atoms with Crippen LogP contribution in [-0.4, -0.2) is 4.98 Å². The Hall–Kier alpha value is -1.34. The van der Waals surface area contributed by atoms with Crippen molar-refractivity contribution >= 4 is 35.4 Å². The number of fused-ring (bicyclic) bond motifs is 1. The van der Waals surface area contributed by atoms with E-state index in [0.717, 1.165) is 48.1 Å². The lowest BCUT2D eigenvalue weighted by molar-refractivity contribution is 0.668. The summed E-state index contributed by atoms with van der Waals surface area (Å²) in [7, 11) is 0. The molecule has 0 unspecified atom stereocenters.